The second-order valence-corrected chi connectivity index (χ2v) is 3.66. The van der Waals surface area contributed by atoms with Gasteiger partial charge in [-0.1, -0.05) is 11.2 Å². The first-order valence-corrected chi connectivity index (χ1v) is 5.46. The number of ether oxygens (including phenoxy) is 1. The molecule has 1 aromatic rings. The van der Waals surface area contributed by atoms with Crippen molar-refractivity contribution in [1.82, 2.24) is 5.16 Å². The zero-order chi connectivity index (χ0) is 11.4. The summed E-state index contributed by atoms with van der Waals surface area (Å²) in [4.78, 5) is 0. The largest absolute Gasteiger partial charge is 0.497 e. The molecule has 2 rings (SSSR count). The molecule has 1 heterocycles. The molecule has 0 amide bonds. The van der Waals surface area contributed by atoms with Gasteiger partial charge in [-0.2, -0.15) is 0 Å². The van der Waals surface area contributed by atoms with Gasteiger partial charge in [0.1, 0.15) is 5.76 Å². The summed E-state index contributed by atoms with van der Waals surface area (Å²) >= 11 is 0. The van der Waals surface area contributed by atoms with Gasteiger partial charge in [0.2, 0.25) is 5.88 Å². The van der Waals surface area contributed by atoms with Crippen LogP contribution in [0.4, 0.5) is 5.88 Å². The molecule has 1 N–H and O–H groups in total. The molecule has 0 saturated heterocycles. The molecular weight excluding hydrogens is 204 g/mol. The van der Waals surface area contributed by atoms with Gasteiger partial charge in [0.05, 0.1) is 12.8 Å². The number of nitrogens with one attached hydrogen (secondary N) is 1. The number of hydrogen-bond donors (Lipinski definition) is 1. The molecule has 0 saturated carbocycles. The van der Waals surface area contributed by atoms with E-state index in [-0.39, 0.29) is 5.92 Å². The standard InChI is InChI=1S/C12H16N2O2/c1-3-13-12-8-11(14-16-12)9-4-6-10(15-2)7-5-9/h4,6-9,13H,3,5H2,1-2H3. The Balaban J connectivity index is 2.03. The average Bonchev–Trinajstić information content (AvgIpc) is 2.78. The van der Waals surface area contributed by atoms with E-state index in [0.717, 1.165) is 30.3 Å². The monoisotopic (exact) mass is 220 g/mol. The van der Waals surface area contributed by atoms with Crippen molar-refractivity contribution in [3.8, 4) is 0 Å². The molecular formula is C12H16N2O2. The van der Waals surface area contributed by atoms with Crippen molar-refractivity contribution in [2.24, 2.45) is 0 Å². The number of nitrogens with zero attached hydrogens (tertiary/aromatic N) is 1. The van der Waals surface area contributed by atoms with Gasteiger partial charge in [-0.25, -0.2) is 0 Å². The maximum Gasteiger partial charge on any atom is 0.224 e. The fourth-order valence-electron chi connectivity index (χ4n) is 1.69. The number of rotatable bonds is 4. The van der Waals surface area contributed by atoms with E-state index in [2.05, 4.69) is 22.6 Å². The van der Waals surface area contributed by atoms with E-state index >= 15 is 0 Å². The lowest BCUT2D eigenvalue weighted by Crippen LogP contribution is -1.99. The van der Waals surface area contributed by atoms with Crippen molar-refractivity contribution < 1.29 is 9.26 Å². The van der Waals surface area contributed by atoms with Crippen molar-refractivity contribution in [2.45, 2.75) is 19.3 Å². The van der Waals surface area contributed by atoms with E-state index in [1.807, 2.05) is 19.1 Å². The van der Waals surface area contributed by atoms with E-state index in [4.69, 9.17) is 9.26 Å². The van der Waals surface area contributed by atoms with Crippen molar-refractivity contribution >= 4 is 5.88 Å². The minimum atomic E-state index is 0.287. The predicted molar refractivity (Wildman–Crippen MR) is 62.3 cm³/mol. The summed E-state index contributed by atoms with van der Waals surface area (Å²) in [6, 6.07) is 1.95. The van der Waals surface area contributed by atoms with Gasteiger partial charge in [-0.05, 0) is 25.5 Å². The van der Waals surface area contributed by atoms with Crippen LogP contribution in [0.1, 0.15) is 25.0 Å². The number of allylic oxidation sites excluding steroid dienone is 3. The van der Waals surface area contributed by atoms with Crippen LogP contribution in [-0.4, -0.2) is 18.8 Å². The Kier molecular flexibility index (Phi) is 3.29. The molecule has 0 spiro atoms. The zero-order valence-corrected chi connectivity index (χ0v) is 9.56. The molecule has 16 heavy (non-hydrogen) atoms. The Hall–Kier alpha value is -1.71. The summed E-state index contributed by atoms with van der Waals surface area (Å²) in [7, 11) is 1.68. The maximum atomic E-state index is 5.16. The predicted octanol–water partition coefficient (Wildman–Crippen LogP) is 2.68. The molecule has 86 valence electrons. The van der Waals surface area contributed by atoms with E-state index < -0.39 is 0 Å². The SMILES string of the molecule is CCNc1cc(C2C=CC(OC)=CC2)no1. The lowest BCUT2D eigenvalue weighted by Gasteiger charge is -2.12. The number of anilines is 1. The van der Waals surface area contributed by atoms with Crippen molar-refractivity contribution in [1.29, 1.82) is 0 Å². The third kappa shape index (κ3) is 2.27. The first-order valence-electron chi connectivity index (χ1n) is 5.46. The van der Waals surface area contributed by atoms with Gasteiger partial charge in [0.15, 0.2) is 0 Å². The number of methoxy groups -OCH3 is 1. The van der Waals surface area contributed by atoms with Gasteiger partial charge >= 0.3 is 0 Å². The minimum absolute atomic E-state index is 0.287. The van der Waals surface area contributed by atoms with E-state index in [1.54, 1.807) is 7.11 Å². The van der Waals surface area contributed by atoms with Crippen LogP contribution in [0.15, 0.2) is 34.6 Å². The molecule has 0 radical (unpaired) electrons. The molecule has 0 bridgehead atoms. The fourth-order valence-corrected chi connectivity index (χ4v) is 1.69. The van der Waals surface area contributed by atoms with Crippen LogP contribution in [0.5, 0.6) is 0 Å². The molecule has 4 nitrogen and oxygen atoms in total. The van der Waals surface area contributed by atoms with Crippen molar-refractivity contribution in [3.05, 3.63) is 35.7 Å². The summed E-state index contributed by atoms with van der Waals surface area (Å²) in [6.45, 7) is 2.86. The van der Waals surface area contributed by atoms with E-state index in [9.17, 15) is 0 Å². The summed E-state index contributed by atoms with van der Waals surface area (Å²) in [5, 5.41) is 7.14. The Labute approximate surface area is 95.0 Å². The summed E-state index contributed by atoms with van der Waals surface area (Å²) in [5.41, 5.74) is 0.957. The van der Waals surface area contributed by atoms with E-state index in [0.29, 0.717) is 0 Å². The second-order valence-electron chi connectivity index (χ2n) is 3.66. The Bertz CT molecular complexity index is 407. The minimum Gasteiger partial charge on any atom is -0.497 e. The van der Waals surface area contributed by atoms with Crippen LogP contribution in [0, 0.1) is 0 Å². The zero-order valence-electron chi connectivity index (χ0n) is 9.56. The molecule has 1 aliphatic carbocycles. The quantitative estimate of drug-likeness (QED) is 0.847. The highest BCUT2D eigenvalue weighted by atomic mass is 16.5. The molecule has 0 aromatic carbocycles. The summed E-state index contributed by atoms with van der Waals surface area (Å²) < 4.78 is 10.3. The van der Waals surface area contributed by atoms with E-state index in [1.165, 1.54) is 0 Å². The fraction of sp³-hybridized carbons (Fsp3) is 0.417. The summed E-state index contributed by atoms with van der Waals surface area (Å²) in [5.74, 6) is 1.93. The molecule has 1 aliphatic rings. The van der Waals surface area contributed by atoms with Crippen LogP contribution in [0.2, 0.25) is 0 Å². The first-order chi connectivity index (χ1) is 7.83. The van der Waals surface area contributed by atoms with Gasteiger partial charge in [0.25, 0.3) is 0 Å². The Morgan fingerprint density at radius 3 is 3.12 bits per heavy atom. The first kappa shape index (κ1) is 10.8. The van der Waals surface area contributed by atoms with Gasteiger partial charge in [-0.3, -0.25) is 0 Å². The lowest BCUT2D eigenvalue weighted by molar-refractivity contribution is 0.302. The van der Waals surface area contributed by atoms with Crippen molar-refractivity contribution in [2.75, 3.05) is 19.0 Å². The number of hydrogen-bond acceptors (Lipinski definition) is 4. The normalized spacial score (nSPS) is 19.4. The second kappa shape index (κ2) is 4.88. The summed E-state index contributed by atoms with van der Waals surface area (Å²) in [6.07, 6.45) is 7.02. The van der Waals surface area contributed by atoms with Crippen LogP contribution < -0.4 is 5.32 Å². The van der Waals surface area contributed by atoms with Crippen LogP contribution in [0.3, 0.4) is 0 Å². The van der Waals surface area contributed by atoms with Gasteiger partial charge < -0.3 is 14.6 Å². The molecule has 0 fully saturated rings. The number of aromatic nitrogens is 1. The molecule has 1 unspecified atom stereocenters. The van der Waals surface area contributed by atoms with Gasteiger partial charge in [-0.15, -0.1) is 0 Å². The van der Waals surface area contributed by atoms with Crippen LogP contribution >= 0.6 is 0 Å². The third-order valence-corrected chi connectivity index (χ3v) is 2.56. The Morgan fingerprint density at radius 2 is 2.50 bits per heavy atom. The van der Waals surface area contributed by atoms with Crippen LogP contribution in [0.25, 0.3) is 0 Å². The highest BCUT2D eigenvalue weighted by Gasteiger charge is 2.15. The maximum absolute atomic E-state index is 5.16. The average molecular weight is 220 g/mol. The lowest BCUT2D eigenvalue weighted by atomic mass is 9.97. The molecule has 1 atom stereocenters. The molecule has 0 aliphatic heterocycles. The highest BCUT2D eigenvalue weighted by Crippen LogP contribution is 2.27. The molecule has 1 aromatic heterocycles. The smallest absolute Gasteiger partial charge is 0.224 e. The Morgan fingerprint density at radius 1 is 1.62 bits per heavy atom. The van der Waals surface area contributed by atoms with Crippen molar-refractivity contribution in [3.63, 3.8) is 0 Å². The van der Waals surface area contributed by atoms with Crippen LogP contribution in [-0.2, 0) is 4.74 Å². The van der Waals surface area contributed by atoms with Gasteiger partial charge in [0, 0.05) is 18.5 Å². The molecule has 4 heteroatoms. The highest BCUT2D eigenvalue weighted by molar-refractivity contribution is 5.35. The topological polar surface area (TPSA) is 47.3 Å². The third-order valence-electron chi connectivity index (χ3n) is 2.56.